The predicted molar refractivity (Wildman–Crippen MR) is 151 cm³/mol. The van der Waals surface area contributed by atoms with Crippen molar-refractivity contribution in [1.29, 1.82) is 0 Å². The van der Waals surface area contributed by atoms with Gasteiger partial charge in [0.25, 0.3) is 5.91 Å². The lowest BCUT2D eigenvalue weighted by Gasteiger charge is -2.35. The fourth-order valence-electron chi connectivity index (χ4n) is 4.93. The summed E-state index contributed by atoms with van der Waals surface area (Å²) in [6, 6.07) is 6.98. The number of amides is 1. The quantitative estimate of drug-likeness (QED) is 0.345. The monoisotopic (exact) mass is 607 g/mol. The maximum atomic E-state index is 13.4. The molecule has 1 fully saturated rings. The molecule has 9 nitrogen and oxygen atoms in total. The summed E-state index contributed by atoms with van der Waals surface area (Å²) in [6.07, 6.45) is -5.15. The number of rotatable bonds is 7. The van der Waals surface area contributed by atoms with Crippen LogP contribution in [0.4, 0.5) is 18.9 Å². The summed E-state index contributed by atoms with van der Waals surface area (Å²) in [5.41, 5.74) is 0.131. The molecular formula is C29H32F3N3O6S. The van der Waals surface area contributed by atoms with Crippen LogP contribution in [0, 0.1) is 17.8 Å². The summed E-state index contributed by atoms with van der Waals surface area (Å²) in [6.45, 7) is 3.64. The maximum absolute atomic E-state index is 13.4. The van der Waals surface area contributed by atoms with E-state index in [4.69, 9.17) is 9.15 Å². The zero-order valence-corrected chi connectivity index (χ0v) is 24.3. The Bertz CT molecular complexity index is 1640. The summed E-state index contributed by atoms with van der Waals surface area (Å²) in [5, 5.41) is 15.9. The number of alkyl halides is 3. The van der Waals surface area contributed by atoms with Crippen molar-refractivity contribution in [3.05, 3.63) is 53.3 Å². The van der Waals surface area contributed by atoms with Gasteiger partial charge in [0.1, 0.15) is 11.3 Å². The highest BCUT2D eigenvalue weighted by Crippen LogP contribution is 2.38. The molecule has 1 unspecified atom stereocenters. The van der Waals surface area contributed by atoms with Crippen LogP contribution in [-0.2, 0) is 9.84 Å². The van der Waals surface area contributed by atoms with E-state index in [1.807, 2.05) is 14.0 Å². The van der Waals surface area contributed by atoms with Crippen LogP contribution in [0.5, 0.6) is 5.75 Å². The number of furan rings is 1. The van der Waals surface area contributed by atoms with Crippen LogP contribution in [0.3, 0.4) is 0 Å². The van der Waals surface area contributed by atoms with Crippen LogP contribution >= 0.6 is 0 Å². The van der Waals surface area contributed by atoms with Gasteiger partial charge in [-0.1, -0.05) is 18.8 Å². The Hall–Kier alpha value is -3.73. The first-order valence-electron chi connectivity index (χ1n) is 13.1. The molecule has 3 aromatic rings. The molecule has 226 valence electrons. The van der Waals surface area contributed by atoms with Crippen LogP contribution in [-0.4, -0.2) is 76.6 Å². The highest BCUT2D eigenvalue weighted by atomic mass is 32.2. The van der Waals surface area contributed by atoms with E-state index in [0.717, 1.165) is 25.6 Å². The number of aliphatic hydroxyl groups excluding tert-OH is 1. The average Bonchev–Trinajstić information content (AvgIpc) is 3.34. The lowest BCUT2D eigenvalue weighted by molar-refractivity contribution is -0.206. The summed E-state index contributed by atoms with van der Waals surface area (Å²) in [4.78, 5) is 15.6. The third kappa shape index (κ3) is 7.00. The highest BCUT2D eigenvalue weighted by molar-refractivity contribution is 7.90. The van der Waals surface area contributed by atoms with E-state index in [9.17, 15) is 31.5 Å². The number of benzene rings is 2. The van der Waals surface area contributed by atoms with Crippen molar-refractivity contribution >= 4 is 32.4 Å². The lowest BCUT2D eigenvalue weighted by Crippen LogP contribution is -2.48. The van der Waals surface area contributed by atoms with Gasteiger partial charge in [0.05, 0.1) is 36.1 Å². The second-order valence-corrected chi connectivity index (χ2v) is 12.4. The van der Waals surface area contributed by atoms with Gasteiger partial charge < -0.3 is 29.8 Å². The smallest absolute Gasteiger partial charge is 0.418 e. The molecule has 3 N–H and O–H groups in total. The van der Waals surface area contributed by atoms with Gasteiger partial charge in [0.2, 0.25) is 0 Å². The molecule has 1 amide bonds. The van der Waals surface area contributed by atoms with Crippen LogP contribution < -0.4 is 15.4 Å². The number of piperidine rings is 1. The molecule has 4 rings (SSSR count). The van der Waals surface area contributed by atoms with Crippen LogP contribution in [0.2, 0.25) is 0 Å². The van der Waals surface area contributed by atoms with Crippen LogP contribution in [0.15, 0.2) is 45.9 Å². The Morgan fingerprint density at radius 2 is 2.02 bits per heavy atom. The number of carbonyl (C=O) groups is 1. The molecule has 0 aliphatic carbocycles. The molecular weight excluding hydrogens is 575 g/mol. The van der Waals surface area contributed by atoms with Crippen molar-refractivity contribution in [2.45, 2.75) is 36.6 Å². The van der Waals surface area contributed by atoms with Crippen molar-refractivity contribution in [1.82, 2.24) is 10.2 Å². The Morgan fingerprint density at radius 1 is 1.29 bits per heavy atom. The van der Waals surface area contributed by atoms with E-state index in [1.165, 1.54) is 37.4 Å². The minimum absolute atomic E-state index is 0.00884. The summed E-state index contributed by atoms with van der Waals surface area (Å²) >= 11 is 0. The van der Waals surface area contributed by atoms with Gasteiger partial charge in [-0.3, -0.25) is 4.79 Å². The number of hydrogen-bond donors (Lipinski definition) is 3. The average molecular weight is 608 g/mol. The number of nitrogens with one attached hydrogen (secondary N) is 2. The van der Waals surface area contributed by atoms with Gasteiger partial charge >= 0.3 is 6.18 Å². The number of likely N-dealkylation sites (tertiary alicyclic amines) is 1. The van der Waals surface area contributed by atoms with Crippen molar-refractivity contribution in [2.24, 2.45) is 5.92 Å². The maximum Gasteiger partial charge on any atom is 0.418 e. The number of ether oxygens (including phenoxy) is 1. The number of hydrogen-bond acceptors (Lipinski definition) is 8. The van der Waals surface area contributed by atoms with Gasteiger partial charge in [0, 0.05) is 41.4 Å². The first kappa shape index (κ1) is 31.2. The standard InChI is InChI=1S/C29H32F3N3O6S/c1-17-15-35(2)11-9-23(17)34-28(37)21-13-18(12-20-22(16-41-26(20)21)27(36)29(30,31)32)6-5-10-33-24-8-7-19(42(4,38)39)14-25(24)40-3/h7-8,12-14,16-17,23,27,33,36H,9-11,15H2,1-4H3,(H,34,37)/t17-,23-,27?/m0/s1. The van der Waals surface area contributed by atoms with Crippen LogP contribution in [0.25, 0.3) is 11.0 Å². The first-order chi connectivity index (χ1) is 19.7. The molecule has 1 aromatic heterocycles. The molecule has 42 heavy (non-hydrogen) atoms. The lowest BCUT2D eigenvalue weighted by atomic mass is 9.93. The summed E-state index contributed by atoms with van der Waals surface area (Å²) in [7, 11) is -0.0530. The number of halogens is 3. The van der Waals surface area contributed by atoms with E-state index >= 15 is 0 Å². The number of aliphatic hydroxyl groups is 1. The minimum atomic E-state index is -4.94. The van der Waals surface area contributed by atoms with Crippen LogP contribution in [0.1, 0.15) is 40.9 Å². The third-order valence-corrected chi connectivity index (χ3v) is 8.29. The number of sulfone groups is 1. The highest BCUT2D eigenvalue weighted by Gasteiger charge is 2.41. The fraction of sp³-hybridized carbons (Fsp3) is 0.414. The molecule has 3 atom stereocenters. The zero-order chi connectivity index (χ0) is 30.8. The van der Waals surface area contributed by atoms with E-state index < -0.39 is 33.6 Å². The number of anilines is 1. The van der Waals surface area contributed by atoms with Crippen molar-refractivity contribution in [3.63, 3.8) is 0 Å². The number of carbonyl (C=O) groups excluding carboxylic acids is 1. The van der Waals surface area contributed by atoms with E-state index in [0.29, 0.717) is 12.1 Å². The fourth-order valence-corrected chi connectivity index (χ4v) is 5.57. The summed E-state index contributed by atoms with van der Waals surface area (Å²) < 4.78 is 74.5. The molecule has 0 saturated carbocycles. The number of fused-ring (bicyclic) bond motifs is 1. The molecule has 0 bridgehead atoms. The molecule has 2 heterocycles. The van der Waals surface area contributed by atoms with E-state index in [2.05, 4.69) is 27.4 Å². The van der Waals surface area contributed by atoms with Crippen molar-refractivity contribution < 1.29 is 40.6 Å². The Kier molecular flexibility index (Phi) is 9.10. The third-order valence-electron chi connectivity index (χ3n) is 7.18. The Balaban J connectivity index is 1.64. The second kappa shape index (κ2) is 12.2. The summed E-state index contributed by atoms with van der Waals surface area (Å²) in [5.74, 6) is 5.63. The van der Waals surface area contributed by atoms with Gasteiger partial charge in [-0.2, -0.15) is 13.2 Å². The molecule has 13 heteroatoms. The second-order valence-electron chi connectivity index (χ2n) is 10.4. The predicted octanol–water partition coefficient (Wildman–Crippen LogP) is 3.97. The van der Waals surface area contributed by atoms with Gasteiger partial charge in [-0.25, -0.2) is 8.42 Å². The van der Waals surface area contributed by atoms with E-state index in [-0.39, 0.29) is 51.2 Å². The molecule has 1 aliphatic rings. The van der Waals surface area contributed by atoms with Crippen molar-refractivity contribution in [2.75, 3.05) is 45.4 Å². The molecule has 1 saturated heterocycles. The minimum Gasteiger partial charge on any atom is -0.495 e. The van der Waals surface area contributed by atoms with Crippen molar-refractivity contribution in [3.8, 4) is 17.6 Å². The van der Waals surface area contributed by atoms with E-state index in [1.54, 1.807) is 0 Å². The Labute approximate surface area is 241 Å². The Morgan fingerprint density at radius 3 is 2.67 bits per heavy atom. The largest absolute Gasteiger partial charge is 0.495 e. The normalized spacial score (nSPS) is 18.7. The SMILES string of the molecule is COc1cc(S(C)(=O)=O)ccc1NCC#Cc1cc(C(=O)N[C@H]2CCN(C)C[C@@H]2C)c2occ(C(O)C(F)(F)F)c2c1. The van der Waals surface area contributed by atoms with Gasteiger partial charge in [-0.15, -0.1) is 0 Å². The topological polar surface area (TPSA) is 121 Å². The number of nitrogens with zero attached hydrogens (tertiary/aromatic N) is 1. The number of methoxy groups -OCH3 is 1. The first-order valence-corrected chi connectivity index (χ1v) is 15.0. The van der Waals surface area contributed by atoms with Gasteiger partial charge in [0.15, 0.2) is 15.9 Å². The molecule has 0 radical (unpaired) electrons. The molecule has 1 aliphatic heterocycles. The zero-order valence-electron chi connectivity index (χ0n) is 23.5. The molecule has 2 aromatic carbocycles. The molecule has 0 spiro atoms. The van der Waals surface area contributed by atoms with Gasteiger partial charge in [-0.05, 0) is 50.2 Å².